The molecular weight excluding hydrogens is 278 g/mol. The molecule has 0 spiro atoms. The Morgan fingerprint density at radius 2 is 1.43 bits per heavy atom. The van der Waals surface area contributed by atoms with E-state index < -0.39 is 23.5 Å². The highest BCUT2D eigenvalue weighted by molar-refractivity contribution is 6.19. The van der Waals surface area contributed by atoms with Gasteiger partial charge in [-0.3, -0.25) is 0 Å². The van der Waals surface area contributed by atoms with Crippen molar-refractivity contribution >= 4 is 17.9 Å². The van der Waals surface area contributed by atoms with Gasteiger partial charge >= 0.3 is 17.9 Å². The molecule has 0 aromatic heterocycles. The fourth-order valence-electron chi connectivity index (χ4n) is 1.30. The van der Waals surface area contributed by atoms with Gasteiger partial charge in [-0.15, -0.1) is 0 Å². The predicted molar refractivity (Wildman–Crippen MR) is 75.1 cm³/mol. The molecule has 0 rings (SSSR count). The second-order valence-corrected chi connectivity index (χ2v) is 4.00. The molecule has 0 aliphatic heterocycles. The van der Waals surface area contributed by atoms with E-state index in [0.29, 0.717) is 0 Å². The van der Waals surface area contributed by atoms with Gasteiger partial charge < -0.3 is 19.1 Å². The number of hydrogen-bond acceptors (Lipinski definition) is 7. The van der Waals surface area contributed by atoms with Crippen molar-refractivity contribution in [2.75, 3.05) is 34.4 Å². The summed E-state index contributed by atoms with van der Waals surface area (Å²) >= 11 is 0. The van der Waals surface area contributed by atoms with Gasteiger partial charge in [0, 0.05) is 14.1 Å². The maximum atomic E-state index is 11.9. The van der Waals surface area contributed by atoms with Gasteiger partial charge in [-0.1, -0.05) is 0 Å². The molecule has 0 aliphatic carbocycles. The fraction of sp³-hybridized carbons (Fsp3) is 0.500. The first-order valence-electron chi connectivity index (χ1n) is 6.40. The van der Waals surface area contributed by atoms with Crippen molar-refractivity contribution in [2.24, 2.45) is 0 Å². The molecule has 0 aliphatic rings. The van der Waals surface area contributed by atoms with Crippen LogP contribution in [0.1, 0.15) is 13.8 Å². The van der Waals surface area contributed by atoms with Gasteiger partial charge in [0.25, 0.3) is 0 Å². The lowest BCUT2D eigenvalue weighted by Gasteiger charge is -2.11. The molecule has 118 valence electrons. The van der Waals surface area contributed by atoms with Crippen molar-refractivity contribution in [2.45, 2.75) is 13.8 Å². The standard InChI is InChI=1S/C14H21NO6/c1-6-20-13(17)11(14(18)21-7-2)10(12(16)19-5)8-9-15(3)4/h8-9H,6-7H2,1-5H3/b9-8+. The third-order valence-corrected chi connectivity index (χ3v) is 2.17. The Kier molecular flexibility index (Phi) is 8.52. The lowest BCUT2D eigenvalue weighted by molar-refractivity contribution is -0.148. The van der Waals surface area contributed by atoms with E-state index in [1.54, 1.807) is 32.8 Å². The molecule has 0 saturated carbocycles. The first kappa shape index (κ1) is 18.7. The molecule has 0 N–H and O–H groups in total. The molecule has 21 heavy (non-hydrogen) atoms. The van der Waals surface area contributed by atoms with E-state index in [1.807, 2.05) is 0 Å². The molecular formula is C14H21NO6. The monoisotopic (exact) mass is 299 g/mol. The van der Waals surface area contributed by atoms with Crippen LogP contribution in [0.3, 0.4) is 0 Å². The van der Waals surface area contributed by atoms with Crippen molar-refractivity contribution in [1.82, 2.24) is 4.90 Å². The lowest BCUT2D eigenvalue weighted by Crippen LogP contribution is -2.23. The largest absolute Gasteiger partial charge is 0.465 e. The minimum atomic E-state index is -0.931. The van der Waals surface area contributed by atoms with E-state index in [1.165, 1.54) is 12.3 Å². The molecule has 0 aromatic rings. The van der Waals surface area contributed by atoms with Crippen LogP contribution in [-0.4, -0.2) is 57.2 Å². The number of methoxy groups -OCH3 is 1. The molecule has 0 aromatic carbocycles. The van der Waals surface area contributed by atoms with Crippen molar-refractivity contribution in [1.29, 1.82) is 0 Å². The summed E-state index contributed by atoms with van der Waals surface area (Å²) in [5, 5.41) is 0. The quantitative estimate of drug-likeness (QED) is 0.170. The van der Waals surface area contributed by atoms with Gasteiger partial charge in [-0.2, -0.15) is 0 Å². The summed E-state index contributed by atoms with van der Waals surface area (Å²) in [7, 11) is 4.60. The summed E-state index contributed by atoms with van der Waals surface area (Å²) in [4.78, 5) is 37.3. The predicted octanol–water partition coefficient (Wildman–Crippen LogP) is 0.657. The fourth-order valence-corrected chi connectivity index (χ4v) is 1.30. The van der Waals surface area contributed by atoms with Gasteiger partial charge in [0.2, 0.25) is 0 Å². The Labute approximate surface area is 124 Å². The van der Waals surface area contributed by atoms with Crippen LogP contribution in [0, 0.1) is 0 Å². The Morgan fingerprint density at radius 3 is 1.76 bits per heavy atom. The van der Waals surface area contributed by atoms with Gasteiger partial charge in [-0.05, 0) is 26.1 Å². The van der Waals surface area contributed by atoms with Gasteiger partial charge in [0.05, 0.1) is 25.9 Å². The first-order chi connectivity index (χ1) is 9.88. The van der Waals surface area contributed by atoms with Crippen LogP contribution >= 0.6 is 0 Å². The minimum absolute atomic E-state index is 0.0631. The number of carbonyl (C=O) groups excluding carboxylic acids is 3. The summed E-state index contributed by atoms with van der Waals surface area (Å²) in [5.74, 6) is -2.69. The van der Waals surface area contributed by atoms with Gasteiger partial charge in [-0.25, -0.2) is 14.4 Å². The van der Waals surface area contributed by atoms with E-state index in [0.717, 1.165) is 7.11 Å². The maximum absolute atomic E-state index is 11.9. The third kappa shape index (κ3) is 6.11. The molecule has 0 radical (unpaired) electrons. The van der Waals surface area contributed by atoms with Crippen LogP contribution in [0.15, 0.2) is 23.4 Å². The summed E-state index contributed by atoms with van der Waals surface area (Å²) in [6.07, 6.45) is 2.81. The van der Waals surface area contributed by atoms with E-state index in [9.17, 15) is 14.4 Å². The SMILES string of the molecule is CCOC(=O)C(C(=O)OCC)=C(/C=C/N(C)C)C(=O)OC. The summed E-state index contributed by atoms with van der Waals surface area (Å²) < 4.78 is 14.2. The van der Waals surface area contributed by atoms with E-state index in [4.69, 9.17) is 9.47 Å². The summed E-state index contributed by atoms with van der Waals surface area (Å²) in [6, 6.07) is 0. The Hall–Kier alpha value is -2.31. The zero-order chi connectivity index (χ0) is 16.4. The highest BCUT2D eigenvalue weighted by Gasteiger charge is 2.28. The van der Waals surface area contributed by atoms with E-state index in [2.05, 4.69) is 4.74 Å². The van der Waals surface area contributed by atoms with Gasteiger partial charge in [0.1, 0.15) is 0 Å². The summed E-state index contributed by atoms with van der Waals surface area (Å²) in [6.45, 7) is 3.31. The van der Waals surface area contributed by atoms with Crippen LogP contribution < -0.4 is 0 Å². The highest BCUT2D eigenvalue weighted by atomic mass is 16.6. The zero-order valence-corrected chi connectivity index (χ0v) is 13.0. The highest BCUT2D eigenvalue weighted by Crippen LogP contribution is 2.13. The van der Waals surface area contributed by atoms with Crippen molar-refractivity contribution in [3.63, 3.8) is 0 Å². The number of rotatable bonds is 7. The normalized spacial score (nSPS) is 9.95. The second kappa shape index (κ2) is 9.57. The lowest BCUT2D eigenvalue weighted by atomic mass is 10.1. The smallest absolute Gasteiger partial charge is 0.346 e. The van der Waals surface area contributed by atoms with Crippen molar-refractivity contribution in [3.05, 3.63) is 23.4 Å². The third-order valence-electron chi connectivity index (χ3n) is 2.17. The second-order valence-electron chi connectivity index (χ2n) is 4.00. The molecule has 0 unspecified atom stereocenters. The molecule has 7 heteroatoms. The topological polar surface area (TPSA) is 82.1 Å². The number of carbonyl (C=O) groups is 3. The molecule has 0 bridgehead atoms. The summed E-state index contributed by atoms with van der Waals surface area (Å²) in [5.41, 5.74) is -0.702. The van der Waals surface area contributed by atoms with Crippen LogP contribution in [-0.2, 0) is 28.6 Å². The number of ether oxygens (including phenoxy) is 3. The molecule has 0 fully saturated rings. The number of hydrogen-bond donors (Lipinski definition) is 0. The van der Waals surface area contributed by atoms with Crippen LogP contribution in [0.4, 0.5) is 0 Å². The van der Waals surface area contributed by atoms with Crippen molar-refractivity contribution in [3.8, 4) is 0 Å². The molecule has 0 heterocycles. The maximum Gasteiger partial charge on any atom is 0.346 e. The molecule has 7 nitrogen and oxygen atoms in total. The van der Waals surface area contributed by atoms with Crippen molar-refractivity contribution < 1.29 is 28.6 Å². The Bertz CT molecular complexity index is 430. The Morgan fingerprint density at radius 1 is 0.952 bits per heavy atom. The zero-order valence-electron chi connectivity index (χ0n) is 13.0. The number of esters is 3. The first-order valence-corrected chi connectivity index (χ1v) is 6.40. The Balaban J connectivity index is 5.93. The van der Waals surface area contributed by atoms with Gasteiger partial charge in [0.15, 0.2) is 5.57 Å². The minimum Gasteiger partial charge on any atom is -0.465 e. The average molecular weight is 299 g/mol. The van der Waals surface area contributed by atoms with Crippen LogP contribution in [0.25, 0.3) is 0 Å². The molecule has 0 amide bonds. The molecule has 0 atom stereocenters. The van der Waals surface area contributed by atoms with Crippen LogP contribution in [0.2, 0.25) is 0 Å². The average Bonchev–Trinajstić information content (AvgIpc) is 2.42. The van der Waals surface area contributed by atoms with E-state index in [-0.39, 0.29) is 18.8 Å². The number of nitrogens with zero attached hydrogens (tertiary/aromatic N) is 1. The van der Waals surface area contributed by atoms with E-state index >= 15 is 0 Å². The molecule has 0 saturated heterocycles. The van der Waals surface area contributed by atoms with Crippen LogP contribution in [0.5, 0.6) is 0 Å².